The van der Waals surface area contributed by atoms with E-state index in [4.69, 9.17) is 4.74 Å². The number of carbonyl (C=O) groups excluding carboxylic acids is 1. The van der Waals surface area contributed by atoms with Crippen molar-refractivity contribution >= 4 is 11.7 Å². The van der Waals surface area contributed by atoms with Crippen molar-refractivity contribution in [3.05, 3.63) is 29.3 Å². The Morgan fingerprint density at radius 2 is 1.95 bits per heavy atom. The number of carbonyl (C=O) groups is 1. The van der Waals surface area contributed by atoms with Crippen LogP contribution in [0.5, 0.6) is 0 Å². The van der Waals surface area contributed by atoms with Crippen LogP contribution in [0.25, 0.3) is 0 Å². The van der Waals surface area contributed by atoms with Gasteiger partial charge in [-0.3, -0.25) is 0 Å². The first kappa shape index (κ1) is 17.5. The highest BCUT2D eigenvalue weighted by Crippen LogP contribution is 2.13. The lowest BCUT2D eigenvalue weighted by Crippen LogP contribution is -2.37. The monoisotopic (exact) mass is 294 g/mol. The summed E-state index contributed by atoms with van der Waals surface area (Å²) in [6.45, 7) is 9.09. The zero-order chi connectivity index (χ0) is 15.8. The van der Waals surface area contributed by atoms with Gasteiger partial charge in [0.15, 0.2) is 0 Å². The van der Waals surface area contributed by atoms with Crippen LogP contribution in [0, 0.1) is 19.8 Å². The third kappa shape index (κ3) is 7.11. The van der Waals surface area contributed by atoms with Crippen molar-refractivity contribution in [2.75, 3.05) is 25.1 Å². The lowest BCUT2D eigenvalue weighted by atomic mass is 10.1. The first-order valence-electron chi connectivity index (χ1n) is 7.26. The number of nitrogens with one attached hydrogen (secondary N) is 2. The molecule has 0 radical (unpaired) electrons. The van der Waals surface area contributed by atoms with Gasteiger partial charge in [-0.25, -0.2) is 4.79 Å². The topological polar surface area (TPSA) is 70.6 Å². The predicted octanol–water partition coefficient (Wildman–Crippen LogP) is 2.46. The minimum Gasteiger partial charge on any atom is -0.389 e. The molecule has 0 saturated heterocycles. The number of aliphatic hydroxyl groups is 1. The fourth-order valence-corrected chi connectivity index (χ4v) is 1.70. The Balaban J connectivity index is 2.28. The molecule has 1 atom stereocenters. The van der Waals surface area contributed by atoms with E-state index in [1.807, 2.05) is 45.9 Å². The second-order valence-electron chi connectivity index (χ2n) is 5.72. The maximum absolute atomic E-state index is 11.7. The standard InChI is InChI=1S/C16H26N2O3/c1-11(2)9-21-10-15(19)8-17-16(20)18-14-6-5-12(3)13(4)7-14/h5-7,11,15,19H,8-10H2,1-4H3,(H2,17,18,20). The maximum Gasteiger partial charge on any atom is 0.319 e. The van der Waals surface area contributed by atoms with Crippen molar-refractivity contribution in [2.45, 2.75) is 33.8 Å². The van der Waals surface area contributed by atoms with Crippen LogP contribution in [0.4, 0.5) is 10.5 Å². The first-order chi connectivity index (χ1) is 9.88. The Labute approximate surface area is 126 Å². The van der Waals surface area contributed by atoms with Gasteiger partial charge in [0, 0.05) is 18.8 Å². The molecule has 1 aromatic carbocycles. The van der Waals surface area contributed by atoms with E-state index in [2.05, 4.69) is 10.6 Å². The molecule has 118 valence electrons. The van der Waals surface area contributed by atoms with Crippen LogP contribution in [-0.4, -0.2) is 37.0 Å². The van der Waals surface area contributed by atoms with Crippen molar-refractivity contribution < 1.29 is 14.6 Å². The summed E-state index contributed by atoms with van der Waals surface area (Å²) in [7, 11) is 0. The summed E-state index contributed by atoms with van der Waals surface area (Å²) in [4.78, 5) is 11.7. The minimum absolute atomic E-state index is 0.161. The molecule has 3 N–H and O–H groups in total. The summed E-state index contributed by atoms with van der Waals surface area (Å²) >= 11 is 0. The molecule has 2 amide bonds. The number of ether oxygens (including phenoxy) is 1. The van der Waals surface area contributed by atoms with Crippen LogP contribution < -0.4 is 10.6 Å². The Kier molecular flexibility index (Phi) is 7.19. The normalized spacial score (nSPS) is 12.3. The average molecular weight is 294 g/mol. The van der Waals surface area contributed by atoms with Crippen LogP contribution >= 0.6 is 0 Å². The Morgan fingerprint density at radius 1 is 1.24 bits per heavy atom. The second kappa shape index (κ2) is 8.64. The van der Waals surface area contributed by atoms with Gasteiger partial charge >= 0.3 is 6.03 Å². The molecule has 1 rings (SSSR count). The van der Waals surface area contributed by atoms with E-state index in [1.165, 1.54) is 5.56 Å². The molecule has 5 nitrogen and oxygen atoms in total. The van der Waals surface area contributed by atoms with Crippen molar-refractivity contribution in [3.63, 3.8) is 0 Å². The number of anilines is 1. The van der Waals surface area contributed by atoms with Gasteiger partial charge in [-0.2, -0.15) is 0 Å². The Bertz CT molecular complexity index is 461. The van der Waals surface area contributed by atoms with Gasteiger partial charge in [-0.05, 0) is 43.0 Å². The molecule has 1 aromatic rings. The van der Waals surface area contributed by atoms with Gasteiger partial charge in [0.05, 0.1) is 12.7 Å². The quantitative estimate of drug-likeness (QED) is 0.723. The lowest BCUT2D eigenvalue weighted by Gasteiger charge is -2.14. The van der Waals surface area contributed by atoms with Crippen molar-refractivity contribution in [1.29, 1.82) is 0 Å². The van der Waals surface area contributed by atoms with Gasteiger partial charge in [-0.1, -0.05) is 19.9 Å². The third-order valence-corrected chi connectivity index (χ3v) is 3.02. The molecule has 0 bridgehead atoms. The van der Waals surface area contributed by atoms with E-state index in [0.29, 0.717) is 12.5 Å². The third-order valence-electron chi connectivity index (χ3n) is 3.02. The zero-order valence-electron chi connectivity index (χ0n) is 13.3. The highest BCUT2D eigenvalue weighted by atomic mass is 16.5. The Hall–Kier alpha value is -1.59. The number of benzene rings is 1. The van der Waals surface area contributed by atoms with E-state index >= 15 is 0 Å². The highest BCUT2D eigenvalue weighted by molar-refractivity contribution is 5.89. The van der Waals surface area contributed by atoms with E-state index < -0.39 is 6.10 Å². The van der Waals surface area contributed by atoms with Gasteiger partial charge in [0.1, 0.15) is 0 Å². The van der Waals surface area contributed by atoms with Gasteiger partial charge in [0.25, 0.3) is 0 Å². The molecule has 0 heterocycles. The lowest BCUT2D eigenvalue weighted by molar-refractivity contribution is 0.0274. The minimum atomic E-state index is -0.700. The van der Waals surface area contributed by atoms with E-state index in [9.17, 15) is 9.90 Å². The summed E-state index contributed by atoms with van der Waals surface area (Å²) in [6.07, 6.45) is -0.700. The molecular formula is C16H26N2O3. The van der Waals surface area contributed by atoms with E-state index in [0.717, 1.165) is 11.3 Å². The number of amides is 2. The molecular weight excluding hydrogens is 268 g/mol. The molecule has 5 heteroatoms. The largest absolute Gasteiger partial charge is 0.389 e. The van der Waals surface area contributed by atoms with Crippen LogP contribution in [0.2, 0.25) is 0 Å². The predicted molar refractivity (Wildman–Crippen MR) is 84.6 cm³/mol. The van der Waals surface area contributed by atoms with Crippen molar-refractivity contribution in [2.24, 2.45) is 5.92 Å². The molecule has 0 aromatic heterocycles. The first-order valence-corrected chi connectivity index (χ1v) is 7.26. The van der Waals surface area contributed by atoms with Gasteiger partial charge < -0.3 is 20.5 Å². The molecule has 0 aliphatic rings. The van der Waals surface area contributed by atoms with Crippen LogP contribution in [0.15, 0.2) is 18.2 Å². The fraction of sp³-hybridized carbons (Fsp3) is 0.562. The number of aliphatic hydroxyl groups excluding tert-OH is 1. The van der Waals surface area contributed by atoms with E-state index in [1.54, 1.807) is 0 Å². The second-order valence-corrected chi connectivity index (χ2v) is 5.72. The molecule has 0 aliphatic carbocycles. The number of hydrogen-bond acceptors (Lipinski definition) is 3. The summed E-state index contributed by atoms with van der Waals surface area (Å²) in [5.41, 5.74) is 3.04. The van der Waals surface area contributed by atoms with Gasteiger partial charge in [0.2, 0.25) is 0 Å². The number of aryl methyl sites for hydroxylation is 2. The fourth-order valence-electron chi connectivity index (χ4n) is 1.70. The van der Waals surface area contributed by atoms with E-state index in [-0.39, 0.29) is 19.2 Å². The Morgan fingerprint density at radius 3 is 2.57 bits per heavy atom. The summed E-state index contributed by atoms with van der Waals surface area (Å²) in [6, 6.07) is 5.39. The number of hydrogen-bond donors (Lipinski definition) is 3. The molecule has 0 aliphatic heterocycles. The SMILES string of the molecule is Cc1ccc(NC(=O)NCC(O)COCC(C)C)cc1C. The number of rotatable bonds is 7. The molecule has 21 heavy (non-hydrogen) atoms. The molecule has 1 unspecified atom stereocenters. The van der Waals surface area contributed by atoms with Crippen molar-refractivity contribution in [1.82, 2.24) is 5.32 Å². The average Bonchev–Trinajstić information content (AvgIpc) is 2.40. The van der Waals surface area contributed by atoms with Crippen molar-refractivity contribution in [3.8, 4) is 0 Å². The molecule has 0 spiro atoms. The van der Waals surface area contributed by atoms with Crippen LogP contribution in [0.1, 0.15) is 25.0 Å². The zero-order valence-corrected chi connectivity index (χ0v) is 13.3. The highest BCUT2D eigenvalue weighted by Gasteiger charge is 2.08. The smallest absolute Gasteiger partial charge is 0.319 e. The maximum atomic E-state index is 11.7. The summed E-state index contributed by atoms with van der Waals surface area (Å²) < 4.78 is 5.31. The molecule has 0 fully saturated rings. The molecule has 0 saturated carbocycles. The van der Waals surface area contributed by atoms with Crippen LogP contribution in [-0.2, 0) is 4.74 Å². The number of urea groups is 1. The van der Waals surface area contributed by atoms with Gasteiger partial charge in [-0.15, -0.1) is 0 Å². The summed E-state index contributed by atoms with van der Waals surface area (Å²) in [5, 5.41) is 15.1. The summed E-state index contributed by atoms with van der Waals surface area (Å²) in [5.74, 6) is 0.429. The van der Waals surface area contributed by atoms with Crippen LogP contribution in [0.3, 0.4) is 0 Å².